The summed E-state index contributed by atoms with van der Waals surface area (Å²) in [5, 5.41) is 8.46. The van der Waals surface area contributed by atoms with E-state index in [1.807, 2.05) is 44.4 Å². The number of hydrogen-bond donors (Lipinski definition) is 2. The lowest BCUT2D eigenvalue weighted by Crippen LogP contribution is -2.04. The highest BCUT2D eigenvalue weighted by Crippen LogP contribution is 2.22. The number of rotatable bonds is 4. The Hall–Kier alpha value is -2.21. The van der Waals surface area contributed by atoms with Gasteiger partial charge in [0.15, 0.2) is 0 Å². The van der Waals surface area contributed by atoms with Crippen molar-refractivity contribution in [3.63, 3.8) is 0 Å². The van der Waals surface area contributed by atoms with Gasteiger partial charge in [-0.3, -0.25) is 0 Å². The van der Waals surface area contributed by atoms with Gasteiger partial charge in [0, 0.05) is 23.5 Å². The summed E-state index contributed by atoms with van der Waals surface area (Å²) in [6.45, 7) is 2.73. The molecular formula is C14H15N5S. The third-order valence-corrected chi connectivity index (χ3v) is 3.84. The Morgan fingerprint density at radius 2 is 2.05 bits per heavy atom. The van der Waals surface area contributed by atoms with Gasteiger partial charge in [0.1, 0.15) is 5.82 Å². The number of nitrogens with zero attached hydrogens (tertiary/aromatic N) is 3. The normalized spacial score (nSPS) is 10.7. The van der Waals surface area contributed by atoms with Crippen molar-refractivity contribution in [2.45, 2.75) is 13.5 Å². The number of aryl methyl sites for hydroxylation is 1. The van der Waals surface area contributed by atoms with Crippen LogP contribution >= 0.6 is 11.3 Å². The average Bonchev–Trinajstić information content (AvgIpc) is 2.90. The molecule has 0 saturated carbocycles. The lowest BCUT2D eigenvalue weighted by Gasteiger charge is -2.09. The first-order chi connectivity index (χ1) is 9.76. The number of fused-ring (bicyclic) bond motifs is 1. The predicted octanol–water partition coefficient (Wildman–Crippen LogP) is 3.05. The Labute approximate surface area is 121 Å². The van der Waals surface area contributed by atoms with Crippen LogP contribution in [-0.2, 0) is 6.54 Å². The molecule has 2 heterocycles. The van der Waals surface area contributed by atoms with Gasteiger partial charge in [-0.05, 0) is 19.1 Å². The predicted molar refractivity (Wildman–Crippen MR) is 83.3 cm³/mol. The smallest absolute Gasteiger partial charge is 0.224 e. The van der Waals surface area contributed by atoms with Crippen molar-refractivity contribution in [3.8, 4) is 0 Å². The van der Waals surface area contributed by atoms with Gasteiger partial charge in [0.05, 0.1) is 17.1 Å². The zero-order valence-electron chi connectivity index (χ0n) is 11.3. The quantitative estimate of drug-likeness (QED) is 0.771. The van der Waals surface area contributed by atoms with E-state index >= 15 is 0 Å². The van der Waals surface area contributed by atoms with Crippen LogP contribution < -0.4 is 10.6 Å². The summed E-state index contributed by atoms with van der Waals surface area (Å²) < 4.78 is 0. The molecular weight excluding hydrogens is 270 g/mol. The van der Waals surface area contributed by atoms with Gasteiger partial charge in [-0.2, -0.15) is 4.98 Å². The molecule has 0 radical (unpaired) electrons. The van der Waals surface area contributed by atoms with Crippen LogP contribution in [0.25, 0.3) is 10.9 Å². The fourth-order valence-electron chi connectivity index (χ4n) is 1.98. The molecule has 3 aromatic rings. The van der Waals surface area contributed by atoms with Crippen molar-refractivity contribution >= 4 is 34.0 Å². The summed E-state index contributed by atoms with van der Waals surface area (Å²) in [6.07, 6.45) is 1.90. The molecule has 20 heavy (non-hydrogen) atoms. The Kier molecular flexibility index (Phi) is 3.47. The first kappa shape index (κ1) is 12.8. The maximum Gasteiger partial charge on any atom is 0.224 e. The highest BCUT2D eigenvalue weighted by atomic mass is 32.1. The van der Waals surface area contributed by atoms with Crippen LogP contribution in [0.3, 0.4) is 0 Å². The monoisotopic (exact) mass is 285 g/mol. The molecule has 2 N–H and O–H groups in total. The maximum atomic E-state index is 4.49. The minimum atomic E-state index is 0.617. The standard InChI is InChI=1S/C14H15N5S/c1-9-16-7-10(20-9)8-17-13-11-5-3-4-6-12(11)18-14(15-2)19-13/h3-7H,8H2,1-2H3,(H2,15,17,18,19). The van der Waals surface area contributed by atoms with E-state index in [1.165, 1.54) is 4.88 Å². The van der Waals surface area contributed by atoms with Gasteiger partial charge in [0.2, 0.25) is 5.95 Å². The minimum absolute atomic E-state index is 0.617. The molecule has 0 spiro atoms. The first-order valence-corrected chi connectivity index (χ1v) is 7.17. The Balaban J connectivity index is 1.93. The molecule has 5 nitrogen and oxygen atoms in total. The maximum absolute atomic E-state index is 4.49. The first-order valence-electron chi connectivity index (χ1n) is 6.36. The number of para-hydroxylation sites is 1. The summed E-state index contributed by atoms with van der Waals surface area (Å²) in [4.78, 5) is 14.4. The van der Waals surface area contributed by atoms with Crippen LogP contribution in [0.2, 0.25) is 0 Å². The molecule has 0 saturated heterocycles. The molecule has 0 fully saturated rings. The van der Waals surface area contributed by atoms with Gasteiger partial charge in [-0.25, -0.2) is 9.97 Å². The van der Waals surface area contributed by atoms with Crippen LogP contribution in [-0.4, -0.2) is 22.0 Å². The second-order valence-corrected chi connectivity index (χ2v) is 5.68. The van der Waals surface area contributed by atoms with Crippen LogP contribution in [0, 0.1) is 6.92 Å². The van der Waals surface area contributed by atoms with Gasteiger partial charge in [0.25, 0.3) is 0 Å². The summed E-state index contributed by atoms with van der Waals surface area (Å²) >= 11 is 1.69. The molecule has 1 aromatic carbocycles. The van der Waals surface area contributed by atoms with Crippen molar-refractivity contribution in [3.05, 3.63) is 40.3 Å². The fraction of sp³-hybridized carbons (Fsp3) is 0.214. The molecule has 3 rings (SSSR count). The lowest BCUT2D eigenvalue weighted by atomic mass is 10.2. The molecule has 2 aromatic heterocycles. The second-order valence-electron chi connectivity index (χ2n) is 4.36. The number of nitrogens with one attached hydrogen (secondary N) is 2. The number of anilines is 2. The van der Waals surface area contributed by atoms with Crippen LogP contribution in [0.15, 0.2) is 30.5 Å². The minimum Gasteiger partial charge on any atom is -0.364 e. The molecule has 0 unspecified atom stereocenters. The number of benzene rings is 1. The van der Waals surface area contributed by atoms with Gasteiger partial charge in [-0.1, -0.05) is 12.1 Å². The van der Waals surface area contributed by atoms with Crippen molar-refractivity contribution in [2.24, 2.45) is 0 Å². The summed E-state index contributed by atoms with van der Waals surface area (Å²) in [5.74, 6) is 1.46. The average molecular weight is 285 g/mol. The Morgan fingerprint density at radius 3 is 2.80 bits per heavy atom. The second kappa shape index (κ2) is 5.42. The van der Waals surface area contributed by atoms with Crippen LogP contribution in [0.4, 0.5) is 11.8 Å². The van der Waals surface area contributed by atoms with E-state index in [1.54, 1.807) is 11.3 Å². The summed E-state index contributed by atoms with van der Waals surface area (Å²) in [5.41, 5.74) is 0.926. The van der Waals surface area contributed by atoms with E-state index in [0.717, 1.165) is 28.3 Å². The van der Waals surface area contributed by atoms with E-state index in [4.69, 9.17) is 0 Å². The summed E-state index contributed by atoms with van der Waals surface area (Å²) in [6, 6.07) is 7.98. The van der Waals surface area contributed by atoms with E-state index in [-0.39, 0.29) is 0 Å². The Morgan fingerprint density at radius 1 is 1.20 bits per heavy atom. The fourth-order valence-corrected chi connectivity index (χ4v) is 2.72. The van der Waals surface area contributed by atoms with E-state index in [2.05, 4.69) is 25.6 Å². The number of thiazole rings is 1. The third kappa shape index (κ3) is 2.55. The third-order valence-electron chi connectivity index (χ3n) is 2.93. The summed E-state index contributed by atoms with van der Waals surface area (Å²) in [7, 11) is 1.82. The largest absolute Gasteiger partial charge is 0.364 e. The molecule has 0 amide bonds. The molecule has 0 bridgehead atoms. The van der Waals surface area contributed by atoms with E-state index in [9.17, 15) is 0 Å². The molecule has 102 valence electrons. The zero-order chi connectivity index (χ0) is 13.9. The van der Waals surface area contributed by atoms with Crippen molar-refractivity contribution < 1.29 is 0 Å². The topological polar surface area (TPSA) is 62.7 Å². The van der Waals surface area contributed by atoms with Crippen molar-refractivity contribution in [1.82, 2.24) is 15.0 Å². The van der Waals surface area contributed by atoms with Gasteiger partial charge < -0.3 is 10.6 Å². The van der Waals surface area contributed by atoms with E-state index < -0.39 is 0 Å². The van der Waals surface area contributed by atoms with Crippen molar-refractivity contribution in [1.29, 1.82) is 0 Å². The SMILES string of the molecule is CNc1nc(NCc2cnc(C)s2)c2ccccc2n1. The van der Waals surface area contributed by atoms with Gasteiger partial charge in [-0.15, -0.1) is 11.3 Å². The molecule has 0 atom stereocenters. The molecule has 0 aliphatic heterocycles. The van der Waals surface area contributed by atoms with Gasteiger partial charge >= 0.3 is 0 Å². The highest BCUT2D eigenvalue weighted by molar-refractivity contribution is 7.11. The number of aromatic nitrogens is 3. The van der Waals surface area contributed by atoms with E-state index in [0.29, 0.717) is 5.95 Å². The molecule has 6 heteroatoms. The zero-order valence-corrected chi connectivity index (χ0v) is 12.2. The molecule has 0 aliphatic rings. The van der Waals surface area contributed by atoms with Crippen LogP contribution in [0.1, 0.15) is 9.88 Å². The van der Waals surface area contributed by atoms with Crippen molar-refractivity contribution in [2.75, 3.05) is 17.7 Å². The highest BCUT2D eigenvalue weighted by Gasteiger charge is 2.07. The number of hydrogen-bond acceptors (Lipinski definition) is 6. The Bertz CT molecular complexity index is 737. The molecule has 0 aliphatic carbocycles. The van der Waals surface area contributed by atoms with Crippen LogP contribution in [0.5, 0.6) is 0 Å². The lowest BCUT2D eigenvalue weighted by molar-refractivity contribution is 1.11.